The molecule has 1 saturated heterocycles. The van der Waals surface area contributed by atoms with E-state index in [1.54, 1.807) is 0 Å². The van der Waals surface area contributed by atoms with E-state index >= 15 is 0 Å². The van der Waals surface area contributed by atoms with E-state index in [0.717, 1.165) is 26.1 Å². The lowest BCUT2D eigenvalue weighted by molar-refractivity contribution is 0.0542. The predicted molar refractivity (Wildman–Crippen MR) is 66.7 cm³/mol. The number of ether oxygens (including phenoxy) is 1. The summed E-state index contributed by atoms with van der Waals surface area (Å²) in [4.78, 5) is 0. The molecule has 0 spiro atoms. The molecule has 0 unspecified atom stereocenters. The van der Waals surface area contributed by atoms with Gasteiger partial charge in [0, 0.05) is 6.54 Å². The minimum Gasteiger partial charge on any atom is -0.372 e. The van der Waals surface area contributed by atoms with Gasteiger partial charge in [0.2, 0.25) is 0 Å². The highest BCUT2D eigenvalue weighted by Gasteiger charge is 2.14. The molecule has 1 aliphatic rings. The number of rotatable bonds is 3. The van der Waals surface area contributed by atoms with Crippen molar-refractivity contribution in [3.63, 3.8) is 0 Å². The maximum absolute atomic E-state index is 8.74. The lowest BCUT2D eigenvalue weighted by atomic mass is 10.2. The van der Waals surface area contributed by atoms with Gasteiger partial charge in [0.1, 0.15) is 0 Å². The molecule has 18 heavy (non-hydrogen) atoms. The third-order valence-corrected chi connectivity index (χ3v) is 2.34. The second-order valence-corrected chi connectivity index (χ2v) is 4.75. The van der Waals surface area contributed by atoms with Gasteiger partial charge in [0.05, 0.1) is 12.7 Å². The van der Waals surface area contributed by atoms with Crippen molar-refractivity contribution < 1.29 is 22.3 Å². The lowest BCUT2D eigenvalue weighted by Crippen LogP contribution is -2.16. The zero-order valence-electron chi connectivity index (χ0n) is 9.82. The van der Waals surface area contributed by atoms with Crippen LogP contribution in [0.3, 0.4) is 0 Å². The third kappa shape index (κ3) is 8.15. The summed E-state index contributed by atoms with van der Waals surface area (Å²) in [6.45, 7) is 2.85. The fourth-order valence-electron chi connectivity index (χ4n) is 1.56. The fourth-order valence-corrected chi connectivity index (χ4v) is 1.56. The molecule has 0 saturated carbocycles. The highest BCUT2D eigenvalue weighted by molar-refractivity contribution is 7.79. The molecule has 1 heterocycles. The summed E-state index contributed by atoms with van der Waals surface area (Å²) in [6, 6.07) is 10.3. The van der Waals surface area contributed by atoms with Crippen LogP contribution in [0.15, 0.2) is 30.3 Å². The van der Waals surface area contributed by atoms with E-state index in [2.05, 4.69) is 17.4 Å². The maximum Gasteiger partial charge on any atom is 0.394 e. The summed E-state index contributed by atoms with van der Waals surface area (Å²) < 4.78 is 37.3. The van der Waals surface area contributed by atoms with E-state index in [1.807, 2.05) is 18.2 Å². The van der Waals surface area contributed by atoms with Crippen molar-refractivity contribution in [1.82, 2.24) is 5.32 Å². The summed E-state index contributed by atoms with van der Waals surface area (Å²) in [5.74, 6) is 0. The minimum absolute atomic E-state index is 0.417. The first-order valence-electron chi connectivity index (χ1n) is 5.51. The predicted octanol–water partition coefficient (Wildman–Crippen LogP) is 0.912. The van der Waals surface area contributed by atoms with Gasteiger partial charge in [-0.25, -0.2) is 0 Å². The summed E-state index contributed by atoms with van der Waals surface area (Å²) in [7, 11) is -4.67. The molecule has 7 heteroatoms. The van der Waals surface area contributed by atoms with Gasteiger partial charge in [0.15, 0.2) is 0 Å². The third-order valence-electron chi connectivity index (χ3n) is 2.34. The summed E-state index contributed by atoms with van der Waals surface area (Å²) >= 11 is 0. The molecule has 3 N–H and O–H groups in total. The molecule has 2 rings (SSSR count). The minimum atomic E-state index is -4.67. The van der Waals surface area contributed by atoms with E-state index in [-0.39, 0.29) is 0 Å². The molecule has 0 aliphatic carbocycles. The van der Waals surface area contributed by atoms with Crippen molar-refractivity contribution >= 4 is 10.4 Å². The quantitative estimate of drug-likeness (QED) is 0.710. The average Bonchev–Trinajstić information content (AvgIpc) is 2.78. The molecule has 1 aromatic carbocycles. The maximum atomic E-state index is 8.74. The Hall–Kier alpha value is -0.990. The Morgan fingerprint density at radius 2 is 1.89 bits per heavy atom. The average molecular weight is 275 g/mol. The lowest BCUT2D eigenvalue weighted by Gasteiger charge is -2.09. The van der Waals surface area contributed by atoms with Gasteiger partial charge < -0.3 is 10.1 Å². The van der Waals surface area contributed by atoms with Crippen LogP contribution in [0.4, 0.5) is 0 Å². The molecule has 0 radical (unpaired) electrons. The summed E-state index contributed by atoms with van der Waals surface area (Å²) in [5, 5.41) is 3.28. The van der Waals surface area contributed by atoms with Gasteiger partial charge in [0.25, 0.3) is 0 Å². The topological polar surface area (TPSA) is 95.9 Å². The molecule has 102 valence electrons. The molecule has 1 atom stereocenters. The van der Waals surface area contributed by atoms with E-state index in [1.165, 1.54) is 5.56 Å². The van der Waals surface area contributed by atoms with Gasteiger partial charge in [-0.1, -0.05) is 30.3 Å². The largest absolute Gasteiger partial charge is 0.394 e. The van der Waals surface area contributed by atoms with Gasteiger partial charge in [-0.2, -0.15) is 8.42 Å². The molecule has 0 amide bonds. The van der Waals surface area contributed by atoms with Crippen molar-refractivity contribution in [2.24, 2.45) is 0 Å². The Kier molecular flexibility index (Phi) is 6.23. The highest BCUT2D eigenvalue weighted by atomic mass is 32.3. The Morgan fingerprint density at radius 1 is 1.28 bits per heavy atom. The SMILES string of the molecule is O=S(=O)(O)O.c1ccc(CO[C@@H]2CCNC2)cc1. The molecule has 1 fully saturated rings. The highest BCUT2D eigenvalue weighted by Crippen LogP contribution is 2.07. The van der Waals surface area contributed by atoms with Crippen LogP contribution < -0.4 is 5.32 Å². The van der Waals surface area contributed by atoms with Crippen LogP contribution in [0.1, 0.15) is 12.0 Å². The van der Waals surface area contributed by atoms with Crippen molar-refractivity contribution in [3.05, 3.63) is 35.9 Å². The summed E-state index contributed by atoms with van der Waals surface area (Å²) in [6.07, 6.45) is 1.56. The van der Waals surface area contributed by atoms with Gasteiger partial charge in [-0.3, -0.25) is 9.11 Å². The number of hydrogen-bond acceptors (Lipinski definition) is 4. The molecule has 1 aliphatic heterocycles. The van der Waals surface area contributed by atoms with Crippen molar-refractivity contribution in [2.75, 3.05) is 13.1 Å². The van der Waals surface area contributed by atoms with Crippen molar-refractivity contribution in [3.8, 4) is 0 Å². The zero-order chi connectivity index (χ0) is 13.4. The van der Waals surface area contributed by atoms with E-state index < -0.39 is 10.4 Å². The van der Waals surface area contributed by atoms with Crippen LogP contribution in [0, 0.1) is 0 Å². The second-order valence-electron chi connectivity index (χ2n) is 3.86. The van der Waals surface area contributed by atoms with E-state index in [4.69, 9.17) is 22.3 Å². The molecule has 0 bridgehead atoms. The van der Waals surface area contributed by atoms with Crippen molar-refractivity contribution in [1.29, 1.82) is 0 Å². The van der Waals surface area contributed by atoms with Gasteiger partial charge >= 0.3 is 10.4 Å². The van der Waals surface area contributed by atoms with Crippen LogP contribution in [0.2, 0.25) is 0 Å². The van der Waals surface area contributed by atoms with E-state index in [9.17, 15) is 0 Å². The van der Waals surface area contributed by atoms with Crippen LogP contribution in [0.25, 0.3) is 0 Å². The number of benzene rings is 1. The first-order chi connectivity index (χ1) is 8.45. The van der Waals surface area contributed by atoms with E-state index in [0.29, 0.717) is 6.10 Å². The van der Waals surface area contributed by atoms with Crippen LogP contribution in [-0.4, -0.2) is 36.7 Å². The van der Waals surface area contributed by atoms with Crippen molar-refractivity contribution in [2.45, 2.75) is 19.1 Å². The number of nitrogens with one attached hydrogen (secondary N) is 1. The summed E-state index contributed by atoms with van der Waals surface area (Å²) in [5.41, 5.74) is 1.26. The Balaban J connectivity index is 0.000000280. The first-order valence-corrected chi connectivity index (χ1v) is 6.91. The second kappa shape index (κ2) is 7.45. The standard InChI is InChI=1S/C11H15NO.H2O4S/c1-2-4-10(5-3-1)9-13-11-6-7-12-8-11;1-5(2,3)4/h1-5,11-12H,6-9H2;(H2,1,2,3,4)/t11-;/m1./s1. The molecular formula is C11H17NO5S. The molecule has 1 aromatic rings. The molecular weight excluding hydrogens is 258 g/mol. The van der Waals surface area contributed by atoms with Crippen LogP contribution in [-0.2, 0) is 21.7 Å². The zero-order valence-corrected chi connectivity index (χ0v) is 10.6. The molecule has 6 nitrogen and oxygen atoms in total. The Morgan fingerprint density at radius 3 is 2.39 bits per heavy atom. The van der Waals surface area contributed by atoms with Gasteiger partial charge in [-0.15, -0.1) is 0 Å². The Bertz CT molecular complexity index is 420. The smallest absolute Gasteiger partial charge is 0.372 e. The Labute approximate surface area is 107 Å². The monoisotopic (exact) mass is 275 g/mol. The van der Waals surface area contributed by atoms with Gasteiger partial charge in [-0.05, 0) is 18.5 Å². The fraction of sp³-hybridized carbons (Fsp3) is 0.455. The first kappa shape index (κ1) is 15.1. The van der Waals surface area contributed by atoms with Crippen LogP contribution >= 0.6 is 0 Å². The normalized spacial score (nSPS) is 19.1. The molecule has 0 aromatic heterocycles. The number of hydrogen-bond donors (Lipinski definition) is 3. The van der Waals surface area contributed by atoms with Crippen LogP contribution in [0.5, 0.6) is 0 Å².